The Morgan fingerprint density at radius 3 is 2.55 bits per heavy atom. The van der Waals surface area contributed by atoms with Gasteiger partial charge in [0.05, 0.1) is 7.11 Å². The zero-order valence-corrected chi connectivity index (χ0v) is 11.6. The van der Waals surface area contributed by atoms with Crippen LogP contribution >= 0.6 is 0 Å². The zero-order valence-electron chi connectivity index (χ0n) is 11.6. The van der Waals surface area contributed by atoms with Crippen LogP contribution in [0.15, 0.2) is 48.7 Å². The Morgan fingerprint density at radius 2 is 2.00 bits per heavy atom. The van der Waals surface area contributed by atoms with Crippen LogP contribution in [0.4, 0.5) is 0 Å². The first-order valence-corrected chi connectivity index (χ1v) is 6.31. The maximum absolute atomic E-state index is 10.8. The molecule has 0 unspecified atom stereocenters. The van der Waals surface area contributed by atoms with E-state index in [-0.39, 0.29) is 0 Å². The lowest BCUT2D eigenvalue weighted by molar-refractivity contribution is -0.104. The number of nitrogens with one attached hydrogen (secondary N) is 1. The van der Waals surface area contributed by atoms with Gasteiger partial charge in [-0.15, -0.1) is 0 Å². The number of aromatic amines is 1. The molecule has 1 aromatic heterocycles. The maximum Gasteiger partial charge on any atom is 0.150 e. The molecule has 0 bridgehead atoms. The van der Waals surface area contributed by atoms with E-state index in [1.54, 1.807) is 19.3 Å². The molecule has 1 heterocycles. The minimum Gasteiger partial charge on any atom is -0.497 e. The van der Waals surface area contributed by atoms with Gasteiger partial charge in [0.25, 0.3) is 0 Å². The lowest BCUT2D eigenvalue weighted by atomic mass is 10.0. The molecule has 0 aliphatic carbocycles. The number of benzene rings is 1. The van der Waals surface area contributed by atoms with E-state index in [1.807, 2.05) is 37.4 Å². The maximum atomic E-state index is 10.8. The van der Waals surface area contributed by atoms with Crippen LogP contribution < -0.4 is 4.74 Å². The summed E-state index contributed by atoms with van der Waals surface area (Å²) in [6, 6.07) is 7.88. The van der Waals surface area contributed by atoms with Crippen LogP contribution in [0.25, 0.3) is 17.2 Å². The van der Waals surface area contributed by atoms with Crippen LogP contribution in [0.1, 0.15) is 11.3 Å². The molecule has 2 rings (SSSR count). The lowest BCUT2D eigenvalue weighted by Crippen LogP contribution is -1.84. The molecule has 1 N–H and O–H groups in total. The molecule has 1 aromatic carbocycles. The Balaban J connectivity index is 2.39. The van der Waals surface area contributed by atoms with Crippen molar-refractivity contribution in [2.75, 3.05) is 7.11 Å². The van der Waals surface area contributed by atoms with Gasteiger partial charge in [-0.2, -0.15) is 0 Å². The number of rotatable bonds is 5. The summed E-state index contributed by atoms with van der Waals surface area (Å²) in [4.78, 5) is 14.0. The Morgan fingerprint density at radius 1 is 1.30 bits per heavy atom. The first-order valence-electron chi connectivity index (χ1n) is 6.31. The second kappa shape index (κ2) is 6.06. The molecule has 0 atom stereocenters. The highest BCUT2D eigenvalue weighted by Crippen LogP contribution is 2.28. The van der Waals surface area contributed by atoms with E-state index in [0.29, 0.717) is 5.57 Å². The van der Waals surface area contributed by atoms with Gasteiger partial charge in [0.15, 0.2) is 0 Å². The van der Waals surface area contributed by atoms with Crippen LogP contribution in [0, 0.1) is 6.92 Å². The number of allylic oxidation sites excluding steroid dienone is 2. The number of methoxy groups -OCH3 is 1. The van der Waals surface area contributed by atoms with E-state index < -0.39 is 0 Å². The minimum atomic E-state index is 0.552. The van der Waals surface area contributed by atoms with E-state index in [9.17, 15) is 4.79 Å². The minimum absolute atomic E-state index is 0.552. The van der Waals surface area contributed by atoms with E-state index in [0.717, 1.165) is 34.4 Å². The summed E-state index contributed by atoms with van der Waals surface area (Å²) in [6.45, 7) is 5.64. The van der Waals surface area contributed by atoms with E-state index in [1.165, 1.54) is 0 Å². The van der Waals surface area contributed by atoms with Crippen molar-refractivity contribution in [1.29, 1.82) is 0 Å². The Kier molecular flexibility index (Phi) is 4.20. The third-order valence-corrected chi connectivity index (χ3v) is 3.26. The molecule has 0 saturated heterocycles. The van der Waals surface area contributed by atoms with Crippen molar-refractivity contribution in [2.24, 2.45) is 0 Å². The molecule has 0 amide bonds. The summed E-state index contributed by atoms with van der Waals surface area (Å²) < 4.78 is 5.15. The quantitative estimate of drug-likeness (QED) is 0.509. The number of aromatic nitrogens is 1. The van der Waals surface area contributed by atoms with Gasteiger partial charge >= 0.3 is 0 Å². The van der Waals surface area contributed by atoms with Crippen molar-refractivity contribution in [3.63, 3.8) is 0 Å². The second-order valence-electron chi connectivity index (χ2n) is 4.44. The zero-order chi connectivity index (χ0) is 14.5. The summed E-state index contributed by atoms with van der Waals surface area (Å²) in [5.74, 6) is 0.831. The standard InChI is InChI=1S/C17H17NO2/c1-4-13(11-19)9-17-12(2)16(10-18-17)14-5-7-15(20-3)8-6-14/h4-11,18H,1H2,2-3H3/b13-9+. The van der Waals surface area contributed by atoms with E-state index in [4.69, 9.17) is 4.74 Å². The smallest absolute Gasteiger partial charge is 0.150 e. The second-order valence-corrected chi connectivity index (χ2v) is 4.44. The summed E-state index contributed by atoms with van der Waals surface area (Å²) in [5, 5.41) is 0. The van der Waals surface area contributed by atoms with Gasteiger partial charge < -0.3 is 9.72 Å². The molecule has 102 valence electrons. The number of ether oxygens (including phenoxy) is 1. The predicted molar refractivity (Wildman–Crippen MR) is 81.8 cm³/mol. The molecule has 3 nitrogen and oxygen atoms in total. The van der Waals surface area contributed by atoms with Crippen molar-refractivity contribution in [3.8, 4) is 16.9 Å². The van der Waals surface area contributed by atoms with E-state index >= 15 is 0 Å². The summed E-state index contributed by atoms with van der Waals surface area (Å²) in [7, 11) is 1.65. The highest BCUT2D eigenvalue weighted by atomic mass is 16.5. The lowest BCUT2D eigenvalue weighted by Gasteiger charge is -2.03. The monoisotopic (exact) mass is 267 g/mol. The van der Waals surface area contributed by atoms with Crippen LogP contribution in [0.3, 0.4) is 0 Å². The Labute approximate surface area is 118 Å². The Bertz CT molecular complexity index is 638. The third kappa shape index (κ3) is 2.72. The summed E-state index contributed by atoms with van der Waals surface area (Å²) in [6.07, 6.45) is 6.07. The number of hydrogen-bond acceptors (Lipinski definition) is 2. The fourth-order valence-corrected chi connectivity index (χ4v) is 2.04. The highest BCUT2D eigenvalue weighted by Gasteiger charge is 2.08. The Hall–Kier alpha value is -2.55. The van der Waals surface area contributed by atoms with Crippen LogP contribution in [0.5, 0.6) is 5.75 Å². The predicted octanol–water partition coefficient (Wildman–Crippen LogP) is 3.77. The first kappa shape index (κ1) is 13.9. The van der Waals surface area contributed by atoms with Gasteiger partial charge in [-0.05, 0) is 36.3 Å². The molecule has 0 radical (unpaired) electrons. The molecule has 20 heavy (non-hydrogen) atoms. The van der Waals surface area contributed by atoms with Crippen molar-refractivity contribution in [2.45, 2.75) is 6.92 Å². The topological polar surface area (TPSA) is 42.1 Å². The molecular formula is C17H17NO2. The van der Waals surface area contributed by atoms with Crippen molar-refractivity contribution in [3.05, 3.63) is 59.9 Å². The molecule has 0 aliphatic heterocycles. The summed E-state index contributed by atoms with van der Waals surface area (Å²) >= 11 is 0. The highest BCUT2D eigenvalue weighted by molar-refractivity contribution is 5.86. The van der Waals surface area contributed by atoms with Gasteiger partial charge in [-0.25, -0.2) is 0 Å². The number of aldehydes is 1. The largest absolute Gasteiger partial charge is 0.497 e. The van der Waals surface area contributed by atoms with Crippen molar-refractivity contribution < 1.29 is 9.53 Å². The average molecular weight is 267 g/mol. The van der Waals surface area contributed by atoms with Crippen LogP contribution in [-0.2, 0) is 4.79 Å². The molecule has 3 heteroatoms. The molecule has 0 saturated carbocycles. The summed E-state index contributed by atoms with van der Waals surface area (Å²) in [5.41, 5.74) is 4.77. The SMILES string of the molecule is C=C/C(C=O)=C\c1[nH]cc(-c2ccc(OC)cc2)c1C. The van der Waals surface area contributed by atoms with Gasteiger partial charge in [-0.1, -0.05) is 24.8 Å². The first-order chi connectivity index (χ1) is 9.69. The number of carbonyl (C=O) groups excluding carboxylic acids is 1. The number of H-pyrrole nitrogens is 1. The normalized spacial score (nSPS) is 11.2. The fraction of sp³-hybridized carbons (Fsp3) is 0.118. The van der Waals surface area contributed by atoms with Gasteiger partial charge in [0, 0.05) is 23.0 Å². The van der Waals surface area contributed by atoms with Crippen molar-refractivity contribution >= 4 is 12.4 Å². The average Bonchev–Trinajstić information content (AvgIpc) is 2.86. The molecule has 0 spiro atoms. The molecular weight excluding hydrogens is 250 g/mol. The number of carbonyl (C=O) groups is 1. The van der Waals surface area contributed by atoms with E-state index in [2.05, 4.69) is 11.6 Å². The fourth-order valence-electron chi connectivity index (χ4n) is 2.04. The van der Waals surface area contributed by atoms with Gasteiger partial charge in [0.2, 0.25) is 0 Å². The van der Waals surface area contributed by atoms with Gasteiger partial charge in [0.1, 0.15) is 12.0 Å². The molecule has 0 fully saturated rings. The molecule has 0 aliphatic rings. The van der Waals surface area contributed by atoms with Gasteiger partial charge in [-0.3, -0.25) is 4.79 Å². The third-order valence-electron chi connectivity index (χ3n) is 3.26. The van der Waals surface area contributed by atoms with Crippen LogP contribution in [-0.4, -0.2) is 18.4 Å². The van der Waals surface area contributed by atoms with Crippen LogP contribution in [0.2, 0.25) is 0 Å². The van der Waals surface area contributed by atoms with Crippen molar-refractivity contribution in [1.82, 2.24) is 4.98 Å². The molecule has 2 aromatic rings. The number of hydrogen-bond donors (Lipinski definition) is 1.